The topological polar surface area (TPSA) is 72.5 Å². The number of rotatable bonds is 4. The van der Waals surface area contributed by atoms with Crippen molar-refractivity contribution in [3.8, 4) is 0 Å². The van der Waals surface area contributed by atoms with Gasteiger partial charge in [0.05, 0.1) is 11.1 Å². The number of carbonyl (C=O) groups is 3. The number of hydrogen-bond donors (Lipinski definition) is 2. The smallest absolute Gasteiger partial charge is 0.347 e. The molecule has 1 N–H and O–H groups in total. The first-order valence-corrected chi connectivity index (χ1v) is 8.49. The van der Waals surface area contributed by atoms with Gasteiger partial charge in [-0.25, -0.2) is 9.59 Å². The molecule has 2 aliphatic rings. The largest absolute Gasteiger partial charge is 0.386 e. The molecular weight excluding hydrogens is 338 g/mol. The lowest BCUT2D eigenvalue weighted by Crippen LogP contribution is -2.11. The Labute approximate surface area is 150 Å². The van der Waals surface area contributed by atoms with Crippen molar-refractivity contribution < 1.29 is 19.1 Å². The molecule has 1 unspecified atom stereocenters. The van der Waals surface area contributed by atoms with Crippen LogP contribution in [0.2, 0.25) is 0 Å². The summed E-state index contributed by atoms with van der Waals surface area (Å²) in [4.78, 5) is 35.5. The summed E-state index contributed by atoms with van der Waals surface area (Å²) in [6, 6.07) is 6.77. The van der Waals surface area contributed by atoms with E-state index in [1.807, 2.05) is 18.2 Å². The van der Waals surface area contributed by atoms with Gasteiger partial charge in [-0.3, -0.25) is 4.79 Å². The third-order valence-corrected chi connectivity index (χ3v) is 4.47. The number of allylic oxidation sites excluding steroid dienone is 3. The summed E-state index contributed by atoms with van der Waals surface area (Å²) in [5, 5.41) is 2.66. The molecule has 25 heavy (non-hydrogen) atoms. The minimum Gasteiger partial charge on any atom is -0.386 e. The van der Waals surface area contributed by atoms with Crippen molar-refractivity contribution in [2.45, 2.75) is 13.3 Å². The van der Waals surface area contributed by atoms with Gasteiger partial charge in [0, 0.05) is 24.3 Å². The molecule has 1 amide bonds. The van der Waals surface area contributed by atoms with Gasteiger partial charge in [-0.05, 0) is 29.7 Å². The molecule has 3 rings (SSSR count). The number of benzene rings is 1. The highest BCUT2D eigenvalue weighted by atomic mass is 32.1. The highest BCUT2D eigenvalue weighted by Gasteiger charge is 2.37. The van der Waals surface area contributed by atoms with Gasteiger partial charge >= 0.3 is 11.9 Å². The molecule has 1 aromatic carbocycles. The second kappa shape index (κ2) is 7.11. The fraction of sp³-hybridized carbons (Fsp3) is 0.211. The zero-order valence-electron chi connectivity index (χ0n) is 13.6. The molecule has 0 fully saturated rings. The van der Waals surface area contributed by atoms with E-state index in [0.29, 0.717) is 29.0 Å². The molecule has 0 spiro atoms. The Morgan fingerprint density at radius 2 is 1.96 bits per heavy atom. The molecule has 0 aromatic heterocycles. The van der Waals surface area contributed by atoms with Gasteiger partial charge in [-0.2, -0.15) is 12.6 Å². The van der Waals surface area contributed by atoms with Crippen LogP contribution < -0.4 is 5.32 Å². The van der Waals surface area contributed by atoms with Gasteiger partial charge in [0.25, 0.3) is 0 Å². The predicted octanol–water partition coefficient (Wildman–Crippen LogP) is 2.91. The maximum absolute atomic E-state index is 12.2. The van der Waals surface area contributed by atoms with Crippen LogP contribution in [0.5, 0.6) is 0 Å². The van der Waals surface area contributed by atoms with Crippen molar-refractivity contribution >= 4 is 41.7 Å². The SMILES string of the molecule is CC(=O)Nc1ccc(C2=C(C3C=CC(CS)=CC3)C(=O)OC2=O)cc1. The molecule has 1 aromatic rings. The van der Waals surface area contributed by atoms with Crippen LogP contribution in [0, 0.1) is 5.92 Å². The van der Waals surface area contributed by atoms with Gasteiger partial charge in [0.1, 0.15) is 0 Å². The number of ether oxygens (including phenoxy) is 1. The van der Waals surface area contributed by atoms with Gasteiger partial charge in [0.2, 0.25) is 5.91 Å². The zero-order valence-corrected chi connectivity index (χ0v) is 14.5. The summed E-state index contributed by atoms with van der Waals surface area (Å²) < 4.78 is 4.85. The first-order chi connectivity index (χ1) is 12.0. The molecule has 0 saturated heterocycles. The minimum absolute atomic E-state index is 0.178. The predicted molar refractivity (Wildman–Crippen MR) is 97.9 cm³/mol. The van der Waals surface area contributed by atoms with Crippen LogP contribution in [0.4, 0.5) is 5.69 Å². The molecular formula is C19H17NO4S. The van der Waals surface area contributed by atoms with E-state index in [2.05, 4.69) is 17.9 Å². The second-order valence-corrected chi connectivity index (χ2v) is 6.18. The summed E-state index contributed by atoms with van der Waals surface area (Å²) in [5.74, 6) is -0.980. The van der Waals surface area contributed by atoms with Crippen LogP contribution in [0.15, 0.2) is 53.6 Å². The van der Waals surface area contributed by atoms with E-state index < -0.39 is 11.9 Å². The molecule has 0 saturated carbocycles. The third kappa shape index (κ3) is 3.58. The Bertz CT molecular complexity index is 833. The highest BCUT2D eigenvalue weighted by molar-refractivity contribution is 7.80. The fourth-order valence-corrected chi connectivity index (χ4v) is 3.17. The number of amides is 1. The fourth-order valence-electron chi connectivity index (χ4n) is 2.93. The van der Waals surface area contributed by atoms with Crippen LogP contribution in [0.3, 0.4) is 0 Å². The lowest BCUT2D eigenvalue weighted by atomic mass is 9.86. The quantitative estimate of drug-likeness (QED) is 0.495. The first kappa shape index (κ1) is 17.2. The number of esters is 2. The molecule has 1 atom stereocenters. The van der Waals surface area contributed by atoms with Gasteiger partial charge < -0.3 is 10.1 Å². The Kier molecular flexibility index (Phi) is 4.90. The number of thiol groups is 1. The van der Waals surface area contributed by atoms with Gasteiger partial charge in [-0.15, -0.1) is 0 Å². The molecule has 0 bridgehead atoms. The van der Waals surface area contributed by atoms with Gasteiger partial charge in [0.15, 0.2) is 0 Å². The first-order valence-electron chi connectivity index (χ1n) is 7.86. The Balaban J connectivity index is 1.96. The molecule has 6 heteroatoms. The average Bonchev–Trinajstić information content (AvgIpc) is 2.89. The minimum atomic E-state index is -0.635. The van der Waals surface area contributed by atoms with Crippen LogP contribution in [0.1, 0.15) is 18.9 Å². The molecule has 128 valence electrons. The Morgan fingerprint density at radius 1 is 1.24 bits per heavy atom. The third-order valence-electron chi connectivity index (χ3n) is 4.10. The van der Waals surface area contributed by atoms with Crippen molar-refractivity contribution in [2.75, 3.05) is 11.1 Å². The average molecular weight is 355 g/mol. The maximum Gasteiger partial charge on any atom is 0.347 e. The normalized spacial score (nSPS) is 19.8. The van der Waals surface area contributed by atoms with Crippen molar-refractivity contribution in [3.05, 3.63) is 59.2 Å². The molecule has 5 nitrogen and oxygen atoms in total. The standard InChI is InChI=1S/C19H17NO4S/c1-11(21)20-15-8-6-14(7-9-15)17-16(18(22)24-19(17)23)13-4-2-12(10-25)3-5-13/h2-4,6-9,13,25H,5,10H2,1H3,(H,20,21). The summed E-state index contributed by atoms with van der Waals surface area (Å²) in [6.07, 6.45) is 6.46. The molecule has 0 radical (unpaired) electrons. The Hall–Kier alpha value is -2.60. The Morgan fingerprint density at radius 3 is 2.52 bits per heavy atom. The zero-order chi connectivity index (χ0) is 18.0. The van der Waals surface area contributed by atoms with E-state index in [0.717, 1.165) is 5.57 Å². The summed E-state index contributed by atoms with van der Waals surface area (Å²) in [7, 11) is 0. The van der Waals surface area contributed by atoms with Crippen molar-refractivity contribution in [1.29, 1.82) is 0 Å². The van der Waals surface area contributed by atoms with Gasteiger partial charge in [-0.1, -0.05) is 30.4 Å². The van der Waals surface area contributed by atoms with Crippen molar-refractivity contribution in [2.24, 2.45) is 5.92 Å². The lowest BCUT2D eigenvalue weighted by Gasteiger charge is -2.16. The van der Waals surface area contributed by atoms with Crippen LogP contribution in [0.25, 0.3) is 5.57 Å². The summed E-state index contributed by atoms with van der Waals surface area (Å²) in [5.41, 5.74) is 2.96. The summed E-state index contributed by atoms with van der Waals surface area (Å²) >= 11 is 4.24. The number of cyclic esters (lactones) is 2. The summed E-state index contributed by atoms with van der Waals surface area (Å²) in [6.45, 7) is 1.42. The van der Waals surface area contributed by atoms with Crippen LogP contribution in [-0.4, -0.2) is 23.6 Å². The van der Waals surface area contributed by atoms with E-state index in [-0.39, 0.29) is 17.4 Å². The monoisotopic (exact) mass is 355 g/mol. The number of anilines is 1. The van der Waals surface area contributed by atoms with E-state index >= 15 is 0 Å². The lowest BCUT2D eigenvalue weighted by molar-refractivity contribution is -0.150. The number of carbonyl (C=O) groups excluding carboxylic acids is 3. The van der Waals surface area contributed by atoms with E-state index in [1.54, 1.807) is 24.3 Å². The van der Waals surface area contributed by atoms with Crippen LogP contribution in [-0.2, 0) is 19.1 Å². The number of hydrogen-bond acceptors (Lipinski definition) is 5. The van der Waals surface area contributed by atoms with Crippen molar-refractivity contribution in [3.63, 3.8) is 0 Å². The molecule has 1 heterocycles. The number of nitrogens with one attached hydrogen (secondary N) is 1. The molecule has 1 aliphatic heterocycles. The second-order valence-electron chi connectivity index (χ2n) is 5.86. The van der Waals surface area contributed by atoms with E-state index in [4.69, 9.17) is 4.74 Å². The molecule has 1 aliphatic carbocycles. The van der Waals surface area contributed by atoms with Crippen molar-refractivity contribution in [1.82, 2.24) is 0 Å². The maximum atomic E-state index is 12.2. The van der Waals surface area contributed by atoms with Crippen LogP contribution >= 0.6 is 12.6 Å². The van der Waals surface area contributed by atoms with E-state index in [1.165, 1.54) is 6.92 Å². The van der Waals surface area contributed by atoms with E-state index in [9.17, 15) is 14.4 Å². The highest BCUT2D eigenvalue weighted by Crippen LogP contribution is 2.36.